The minimum atomic E-state index is -4.11. The summed E-state index contributed by atoms with van der Waals surface area (Å²) in [5.41, 5.74) is 0. The Labute approximate surface area is 59.1 Å². The third kappa shape index (κ3) is 2.71. The van der Waals surface area contributed by atoms with E-state index in [0.29, 0.717) is 0 Å². The van der Waals surface area contributed by atoms with E-state index in [1.807, 2.05) is 3.53 Å². The topological polar surface area (TPSA) is 12.0 Å². The predicted octanol–water partition coefficient (Wildman–Crippen LogP) is 1.88. The van der Waals surface area contributed by atoms with Crippen LogP contribution in [0.1, 0.15) is 6.92 Å². The van der Waals surface area contributed by atoms with E-state index < -0.39 is 12.2 Å². The molecule has 0 aromatic carbocycles. The van der Waals surface area contributed by atoms with Gasteiger partial charge in [-0.15, -0.1) is 0 Å². The highest BCUT2D eigenvalue weighted by atomic mass is 127. The summed E-state index contributed by atoms with van der Waals surface area (Å²) in [6, 6.07) is -1.41. The van der Waals surface area contributed by atoms with Crippen LogP contribution in [0.5, 0.6) is 0 Å². The zero-order chi connectivity index (χ0) is 6.78. The van der Waals surface area contributed by atoms with Gasteiger partial charge >= 0.3 is 6.18 Å². The van der Waals surface area contributed by atoms with Gasteiger partial charge in [0.25, 0.3) is 0 Å². The summed E-state index contributed by atoms with van der Waals surface area (Å²) in [7, 11) is 0. The van der Waals surface area contributed by atoms with Gasteiger partial charge in [0.1, 0.15) is 6.04 Å². The molecule has 0 aliphatic rings. The molecule has 0 aliphatic heterocycles. The van der Waals surface area contributed by atoms with Crippen LogP contribution in [0.2, 0.25) is 0 Å². The second-order valence-electron chi connectivity index (χ2n) is 1.37. The number of alkyl halides is 3. The monoisotopic (exact) mass is 239 g/mol. The molecule has 1 unspecified atom stereocenters. The average molecular weight is 239 g/mol. The van der Waals surface area contributed by atoms with E-state index >= 15 is 0 Å². The second-order valence-corrected chi connectivity index (χ2v) is 2.00. The van der Waals surface area contributed by atoms with Crippen molar-refractivity contribution in [2.75, 3.05) is 0 Å². The zero-order valence-electron chi connectivity index (χ0n) is 4.09. The summed E-state index contributed by atoms with van der Waals surface area (Å²) in [5, 5.41) is 0. The molecule has 0 aromatic rings. The molecule has 1 atom stereocenters. The number of halogens is 4. The number of nitrogens with one attached hydrogen (secondary N) is 1. The van der Waals surface area contributed by atoms with Gasteiger partial charge in [-0.2, -0.15) is 13.2 Å². The fourth-order valence-electron chi connectivity index (χ4n) is 0.0619. The maximum absolute atomic E-state index is 11.4. The largest absolute Gasteiger partial charge is 0.404 e. The van der Waals surface area contributed by atoms with Gasteiger partial charge in [-0.1, -0.05) is 0 Å². The first-order valence-electron chi connectivity index (χ1n) is 1.91. The quantitative estimate of drug-likeness (QED) is 0.544. The van der Waals surface area contributed by atoms with Gasteiger partial charge in [0.2, 0.25) is 0 Å². The van der Waals surface area contributed by atoms with Crippen molar-refractivity contribution in [2.24, 2.45) is 0 Å². The van der Waals surface area contributed by atoms with Crippen LogP contribution in [0.25, 0.3) is 0 Å². The molecule has 0 amide bonds. The van der Waals surface area contributed by atoms with Gasteiger partial charge in [0.05, 0.1) is 0 Å². The normalized spacial score (nSPS) is 16.1. The lowest BCUT2D eigenvalue weighted by Gasteiger charge is -2.11. The number of hydrogen-bond acceptors (Lipinski definition) is 1. The predicted molar refractivity (Wildman–Crippen MR) is 32.7 cm³/mol. The van der Waals surface area contributed by atoms with E-state index in [9.17, 15) is 13.2 Å². The van der Waals surface area contributed by atoms with E-state index in [4.69, 9.17) is 0 Å². The van der Waals surface area contributed by atoms with Crippen molar-refractivity contribution < 1.29 is 13.2 Å². The summed E-state index contributed by atoms with van der Waals surface area (Å²) in [5.74, 6) is 0. The van der Waals surface area contributed by atoms with E-state index in [0.717, 1.165) is 6.92 Å². The van der Waals surface area contributed by atoms with Gasteiger partial charge in [0, 0.05) is 22.9 Å². The zero-order valence-corrected chi connectivity index (χ0v) is 6.25. The highest BCUT2D eigenvalue weighted by Gasteiger charge is 2.34. The Morgan fingerprint density at radius 3 is 1.88 bits per heavy atom. The van der Waals surface area contributed by atoms with Crippen molar-refractivity contribution in [1.82, 2.24) is 3.53 Å². The molecule has 8 heavy (non-hydrogen) atoms. The Balaban J connectivity index is 3.62. The van der Waals surface area contributed by atoms with E-state index in [-0.39, 0.29) is 0 Å². The molecule has 0 saturated heterocycles. The second kappa shape index (κ2) is 2.86. The minimum absolute atomic E-state index is 1.06. The third-order valence-corrected chi connectivity index (χ3v) is 1.59. The summed E-state index contributed by atoms with van der Waals surface area (Å²) >= 11 is 1.47. The van der Waals surface area contributed by atoms with Crippen LogP contribution >= 0.6 is 22.9 Å². The summed E-state index contributed by atoms with van der Waals surface area (Å²) in [6.45, 7) is 1.06. The first-order valence-corrected chi connectivity index (χ1v) is 2.99. The Morgan fingerprint density at radius 1 is 1.50 bits per heavy atom. The molecule has 0 spiro atoms. The smallest absolute Gasteiger partial charge is 0.249 e. The van der Waals surface area contributed by atoms with Crippen molar-refractivity contribution in [2.45, 2.75) is 19.1 Å². The van der Waals surface area contributed by atoms with E-state index in [1.54, 1.807) is 0 Å². The molecule has 5 heteroatoms. The Kier molecular flexibility index (Phi) is 3.03. The molecule has 0 radical (unpaired) electrons. The van der Waals surface area contributed by atoms with E-state index in [2.05, 4.69) is 0 Å². The third-order valence-electron chi connectivity index (χ3n) is 0.655. The van der Waals surface area contributed by atoms with Crippen molar-refractivity contribution in [1.29, 1.82) is 0 Å². The van der Waals surface area contributed by atoms with E-state index in [1.165, 1.54) is 22.9 Å². The number of rotatable bonds is 1. The van der Waals surface area contributed by atoms with Crippen molar-refractivity contribution in [3.63, 3.8) is 0 Å². The Hall–Kier alpha value is 0.480. The lowest BCUT2D eigenvalue weighted by molar-refractivity contribution is -0.145. The van der Waals surface area contributed by atoms with Crippen LogP contribution in [0.15, 0.2) is 0 Å². The molecule has 0 rings (SSSR count). The molecular weight excluding hydrogens is 234 g/mol. The maximum Gasteiger partial charge on any atom is 0.404 e. The SMILES string of the molecule is CC(NI)C(F)(F)F. The van der Waals surface area contributed by atoms with Crippen LogP contribution in [0, 0.1) is 0 Å². The first-order chi connectivity index (χ1) is 3.48. The summed E-state index contributed by atoms with van der Waals surface area (Å²) in [6.07, 6.45) is -4.11. The Bertz CT molecular complexity index is 71.4. The highest BCUT2D eigenvalue weighted by molar-refractivity contribution is 14.1. The molecule has 0 heterocycles. The van der Waals surface area contributed by atoms with Gasteiger partial charge < -0.3 is 0 Å². The molecule has 1 N–H and O–H groups in total. The van der Waals surface area contributed by atoms with Gasteiger partial charge in [0.15, 0.2) is 0 Å². The number of hydrogen-bond donors (Lipinski definition) is 1. The Morgan fingerprint density at radius 2 is 1.88 bits per heavy atom. The molecule has 1 nitrogen and oxygen atoms in total. The van der Waals surface area contributed by atoms with Gasteiger partial charge in [-0.3, -0.25) is 0 Å². The van der Waals surface area contributed by atoms with Crippen molar-refractivity contribution >= 4 is 22.9 Å². The molecular formula is C3H5F3IN. The molecule has 0 aliphatic carbocycles. The van der Waals surface area contributed by atoms with Crippen LogP contribution in [-0.4, -0.2) is 12.2 Å². The summed E-state index contributed by atoms with van der Waals surface area (Å²) < 4.78 is 36.2. The standard InChI is InChI=1S/C3H5F3IN/c1-2(8-7)3(4,5)6/h2,8H,1H3. The minimum Gasteiger partial charge on any atom is -0.249 e. The molecule has 0 saturated carbocycles. The lowest BCUT2D eigenvalue weighted by Crippen LogP contribution is -2.33. The van der Waals surface area contributed by atoms with Crippen LogP contribution in [0.4, 0.5) is 13.2 Å². The van der Waals surface area contributed by atoms with Crippen molar-refractivity contribution in [3.8, 4) is 0 Å². The molecule has 50 valence electrons. The maximum atomic E-state index is 11.4. The fraction of sp³-hybridized carbons (Fsp3) is 1.00. The molecule has 0 aromatic heterocycles. The van der Waals surface area contributed by atoms with Gasteiger partial charge in [-0.25, -0.2) is 3.53 Å². The molecule has 0 bridgehead atoms. The first kappa shape index (κ1) is 8.48. The van der Waals surface area contributed by atoms with Crippen LogP contribution < -0.4 is 3.53 Å². The van der Waals surface area contributed by atoms with Crippen LogP contribution in [-0.2, 0) is 0 Å². The lowest BCUT2D eigenvalue weighted by atomic mass is 10.4. The van der Waals surface area contributed by atoms with Crippen LogP contribution in [0.3, 0.4) is 0 Å². The fourth-order valence-corrected chi connectivity index (χ4v) is 0.415. The summed E-state index contributed by atoms with van der Waals surface area (Å²) in [4.78, 5) is 0. The highest BCUT2D eigenvalue weighted by Crippen LogP contribution is 2.19. The van der Waals surface area contributed by atoms with Gasteiger partial charge in [-0.05, 0) is 6.92 Å². The van der Waals surface area contributed by atoms with Crippen molar-refractivity contribution in [3.05, 3.63) is 0 Å². The average Bonchev–Trinajstić information content (AvgIpc) is 1.62. The molecule has 0 fully saturated rings.